The number of carbonyl (C=O) groups is 3. The average molecular weight is 423 g/mol. The van der Waals surface area contributed by atoms with Crippen molar-refractivity contribution < 1.29 is 19.1 Å². The summed E-state index contributed by atoms with van der Waals surface area (Å²) in [7, 11) is 1.65. The van der Waals surface area contributed by atoms with E-state index in [4.69, 9.17) is 4.74 Å². The molecule has 1 fully saturated rings. The van der Waals surface area contributed by atoms with Gasteiger partial charge in [-0.05, 0) is 49.9 Å². The Bertz CT molecular complexity index is 907. The van der Waals surface area contributed by atoms with Crippen LogP contribution in [-0.2, 0) is 9.53 Å². The Morgan fingerprint density at radius 2 is 1.58 bits per heavy atom. The number of nitrogens with zero attached hydrogens (tertiary/aromatic N) is 1. The largest absolute Gasteiger partial charge is 0.449 e. The number of amides is 2. The third kappa shape index (κ3) is 5.94. The van der Waals surface area contributed by atoms with Crippen LogP contribution >= 0.6 is 0 Å². The summed E-state index contributed by atoms with van der Waals surface area (Å²) in [5, 5.41) is 2.89. The van der Waals surface area contributed by atoms with Crippen LogP contribution in [-0.4, -0.2) is 37.5 Å². The maximum Gasteiger partial charge on any atom is 0.339 e. The lowest BCUT2D eigenvalue weighted by Crippen LogP contribution is -2.39. The number of para-hydroxylation sites is 1. The maximum absolute atomic E-state index is 13.0. The fourth-order valence-electron chi connectivity index (χ4n) is 3.85. The molecule has 1 N–H and O–H groups in total. The first-order valence-electron chi connectivity index (χ1n) is 10.9. The number of anilines is 1. The SMILES string of the molecule is CC(OC(=O)c1ccccc1C(=O)N(C)c1ccccc1)C(=O)NCC1CCCCC1. The van der Waals surface area contributed by atoms with E-state index in [1.165, 1.54) is 24.2 Å². The second kappa shape index (κ2) is 10.8. The van der Waals surface area contributed by atoms with Gasteiger partial charge in [-0.1, -0.05) is 49.6 Å². The minimum Gasteiger partial charge on any atom is -0.449 e. The molecule has 1 aliphatic carbocycles. The van der Waals surface area contributed by atoms with Gasteiger partial charge in [0, 0.05) is 19.3 Å². The summed E-state index contributed by atoms with van der Waals surface area (Å²) in [4.78, 5) is 39.7. The van der Waals surface area contributed by atoms with Gasteiger partial charge in [-0.15, -0.1) is 0 Å². The summed E-state index contributed by atoms with van der Waals surface area (Å²) in [6.07, 6.45) is 4.97. The molecule has 0 aliphatic heterocycles. The molecule has 0 bridgehead atoms. The van der Waals surface area contributed by atoms with Crippen LogP contribution in [0.3, 0.4) is 0 Å². The van der Waals surface area contributed by atoms with E-state index in [0.29, 0.717) is 18.2 Å². The summed E-state index contributed by atoms with van der Waals surface area (Å²) in [6.45, 7) is 2.16. The highest BCUT2D eigenvalue weighted by molar-refractivity contribution is 6.12. The van der Waals surface area contributed by atoms with Crippen LogP contribution in [0.2, 0.25) is 0 Å². The second-order valence-corrected chi connectivity index (χ2v) is 8.04. The predicted octanol–water partition coefficient (Wildman–Crippen LogP) is 4.21. The van der Waals surface area contributed by atoms with Crippen molar-refractivity contribution in [3.05, 3.63) is 65.7 Å². The van der Waals surface area contributed by atoms with Crippen molar-refractivity contribution in [2.75, 3.05) is 18.5 Å². The van der Waals surface area contributed by atoms with Gasteiger partial charge in [0.2, 0.25) is 0 Å². The van der Waals surface area contributed by atoms with Crippen molar-refractivity contribution in [3.63, 3.8) is 0 Å². The first-order chi connectivity index (χ1) is 15.0. The normalized spacial score (nSPS) is 15.0. The van der Waals surface area contributed by atoms with Crippen LogP contribution in [0.1, 0.15) is 59.7 Å². The molecule has 0 radical (unpaired) electrons. The zero-order chi connectivity index (χ0) is 22.2. The molecule has 3 rings (SSSR count). The molecule has 0 heterocycles. The number of esters is 1. The third-order valence-electron chi connectivity index (χ3n) is 5.77. The van der Waals surface area contributed by atoms with E-state index in [-0.39, 0.29) is 22.9 Å². The van der Waals surface area contributed by atoms with Crippen LogP contribution in [0.15, 0.2) is 54.6 Å². The highest BCUT2D eigenvalue weighted by Crippen LogP contribution is 2.23. The lowest BCUT2D eigenvalue weighted by atomic mass is 9.89. The first-order valence-corrected chi connectivity index (χ1v) is 10.9. The minimum atomic E-state index is -0.939. The Morgan fingerprint density at radius 1 is 0.968 bits per heavy atom. The van der Waals surface area contributed by atoms with Gasteiger partial charge >= 0.3 is 5.97 Å². The Morgan fingerprint density at radius 3 is 2.26 bits per heavy atom. The Labute approximate surface area is 183 Å². The topological polar surface area (TPSA) is 75.7 Å². The van der Waals surface area contributed by atoms with Crippen LogP contribution in [0, 0.1) is 5.92 Å². The number of benzene rings is 2. The molecule has 2 amide bonds. The summed E-state index contributed by atoms with van der Waals surface area (Å²) in [5.41, 5.74) is 1.09. The molecule has 6 nitrogen and oxygen atoms in total. The number of rotatable bonds is 7. The van der Waals surface area contributed by atoms with Crippen molar-refractivity contribution >= 4 is 23.5 Å². The second-order valence-electron chi connectivity index (χ2n) is 8.04. The van der Waals surface area contributed by atoms with Crippen LogP contribution in [0.5, 0.6) is 0 Å². The first kappa shape index (κ1) is 22.5. The van der Waals surface area contributed by atoms with E-state index in [0.717, 1.165) is 12.8 Å². The molecular weight excluding hydrogens is 392 g/mol. The van der Waals surface area contributed by atoms with E-state index >= 15 is 0 Å². The van der Waals surface area contributed by atoms with Crippen molar-refractivity contribution in [3.8, 4) is 0 Å². The number of hydrogen-bond acceptors (Lipinski definition) is 4. The van der Waals surface area contributed by atoms with Crippen molar-refractivity contribution in [1.29, 1.82) is 0 Å². The lowest BCUT2D eigenvalue weighted by Gasteiger charge is -2.23. The van der Waals surface area contributed by atoms with Gasteiger partial charge in [0.15, 0.2) is 6.10 Å². The van der Waals surface area contributed by atoms with E-state index < -0.39 is 12.1 Å². The number of carbonyl (C=O) groups excluding carboxylic acids is 3. The van der Waals surface area contributed by atoms with Crippen LogP contribution < -0.4 is 10.2 Å². The molecule has 1 unspecified atom stereocenters. The van der Waals surface area contributed by atoms with E-state index in [1.54, 1.807) is 38.2 Å². The highest BCUT2D eigenvalue weighted by atomic mass is 16.5. The minimum absolute atomic E-state index is 0.141. The number of ether oxygens (including phenoxy) is 1. The zero-order valence-corrected chi connectivity index (χ0v) is 18.2. The van der Waals surface area contributed by atoms with Gasteiger partial charge in [-0.25, -0.2) is 4.79 Å². The molecule has 0 aromatic heterocycles. The molecule has 1 saturated carbocycles. The lowest BCUT2D eigenvalue weighted by molar-refractivity contribution is -0.129. The molecule has 0 spiro atoms. The zero-order valence-electron chi connectivity index (χ0n) is 18.2. The third-order valence-corrected chi connectivity index (χ3v) is 5.77. The van der Waals surface area contributed by atoms with E-state index in [1.807, 2.05) is 30.3 Å². The van der Waals surface area contributed by atoms with Crippen molar-refractivity contribution in [1.82, 2.24) is 5.32 Å². The molecule has 2 aromatic rings. The fraction of sp³-hybridized carbons (Fsp3) is 0.400. The Kier molecular flexibility index (Phi) is 7.82. The van der Waals surface area contributed by atoms with Crippen molar-refractivity contribution in [2.24, 2.45) is 5.92 Å². The summed E-state index contributed by atoms with van der Waals surface area (Å²) >= 11 is 0. The Balaban J connectivity index is 1.63. The maximum atomic E-state index is 13.0. The van der Waals surface area contributed by atoms with Crippen molar-refractivity contribution in [2.45, 2.75) is 45.1 Å². The summed E-state index contributed by atoms with van der Waals surface area (Å²) in [5.74, 6) is -0.838. The standard InChI is InChI=1S/C25H30N2O4/c1-18(23(28)26-17-19-11-5-3-6-12-19)31-25(30)22-16-10-9-15-21(22)24(29)27(2)20-13-7-4-8-14-20/h4,7-10,13-16,18-19H,3,5-6,11-12,17H2,1-2H3,(H,26,28). The van der Waals surface area contributed by atoms with Gasteiger partial charge in [0.05, 0.1) is 11.1 Å². The fourth-order valence-corrected chi connectivity index (χ4v) is 3.85. The van der Waals surface area contributed by atoms with Gasteiger partial charge in [-0.2, -0.15) is 0 Å². The molecule has 31 heavy (non-hydrogen) atoms. The van der Waals surface area contributed by atoms with Gasteiger partial charge in [0.1, 0.15) is 0 Å². The summed E-state index contributed by atoms with van der Waals surface area (Å²) < 4.78 is 5.39. The molecule has 1 atom stereocenters. The molecule has 1 aliphatic rings. The van der Waals surface area contributed by atoms with E-state index in [2.05, 4.69) is 5.32 Å². The molecule has 6 heteroatoms. The van der Waals surface area contributed by atoms with Crippen LogP contribution in [0.4, 0.5) is 5.69 Å². The quantitative estimate of drug-likeness (QED) is 0.679. The molecule has 164 valence electrons. The molecular formula is C25H30N2O4. The van der Waals surface area contributed by atoms with Crippen LogP contribution in [0.25, 0.3) is 0 Å². The number of nitrogens with one attached hydrogen (secondary N) is 1. The number of hydrogen-bond donors (Lipinski definition) is 1. The highest BCUT2D eigenvalue weighted by Gasteiger charge is 2.25. The smallest absolute Gasteiger partial charge is 0.339 e. The van der Waals surface area contributed by atoms with E-state index in [9.17, 15) is 14.4 Å². The van der Waals surface area contributed by atoms with Gasteiger partial charge in [0.25, 0.3) is 11.8 Å². The van der Waals surface area contributed by atoms with Gasteiger partial charge < -0.3 is 15.0 Å². The molecule has 2 aromatic carbocycles. The monoisotopic (exact) mass is 422 g/mol. The van der Waals surface area contributed by atoms with Gasteiger partial charge in [-0.3, -0.25) is 9.59 Å². The molecule has 0 saturated heterocycles. The Hall–Kier alpha value is -3.15. The predicted molar refractivity (Wildman–Crippen MR) is 120 cm³/mol. The average Bonchev–Trinajstić information content (AvgIpc) is 2.82. The summed E-state index contributed by atoms with van der Waals surface area (Å²) in [6, 6.07) is 15.7.